The predicted molar refractivity (Wildman–Crippen MR) is 107 cm³/mol. The predicted octanol–water partition coefficient (Wildman–Crippen LogP) is 3.42. The number of aromatic amines is 1. The van der Waals surface area contributed by atoms with Crippen molar-refractivity contribution in [2.24, 2.45) is 0 Å². The van der Waals surface area contributed by atoms with Crippen molar-refractivity contribution in [3.63, 3.8) is 0 Å². The monoisotopic (exact) mass is 388 g/mol. The molecule has 3 aromatic rings. The Bertz CT molecular complexity index is 1230. The van der Waals surface area contributed by atoms with Gasteiger partial charge in [0.25, 0.3) is 0 Å². The number of ether oxygens (including phenoxy) is 2. The standard InChI is InChI=1S/C21H16N4O4/c1-23-21(27)25-13-3-4-17-16(7-13)20(26)18(29-17)6-12-10-24-19-11(9-22)5-14(28-2)8-15(12)19/h3-8,10,24H,1-2H3,(H2,23,25,27). The van der Waals surface area contributed by atoms with Gasteiger partial charge in [-0.2, -0.15) is 5.26 Å². The average Bonchev–Trinajstić information content (AvgIpc) is 3.28. The largest absolute Gasteiger partial charge is 0.497 e. The van der Waals surface area contributed by atoms with Gasteiger partial charge in [0.15, 0.2) is 5.76 Å². The number of Topliss-reactive ketones (excluding diaryl/α,β-unsaturated/α-hetero) is 1. The van der Waals surface area contributed by atoms with E-state index < -0.39 is 0 Å². The van der Waals surface area contributed by atoms with Crippen LogP contribution in [-0.4, -0.2) is 31.0 Å². The van der Waals surface area contributed by atoms with E-state index in [1.807, 2.05) is 0 Å². The number of fused-ring (bicyclic) bond motifs is 2. The van der Waals surface area contributed by atoms with Crippen LogP contribution >= 0.6 is 0 Å². The quantitative estimate of drug-likeness (QED) is 0.595. The maximum Gasteiger partial charge on any atom is 0.318 e. The maximum absolute atomic E-state index is 12.8. The average molecular weight is 388 g/mol. The first-order valence-electron chi connectivity index (χ1n) is 8.70. The number of carbonyl (C=O) groups is 2. The van der Waals surface area contributed by atoms with Crippen molar-refractivity contribution < 1.29 is 19.1 Å². The number of hydrogen-bond donors (Lipinski definition) is 3. The molecule has 4 rings (SSSR count). The number of ketones is 1. The summed E-state index contributed by atoms with van der Waals surface area (Å²) in [5.74, 6) is 0.816. The number of carbonyl (C=O) groups excluding carboxylic acids is 2. The molecule has 8 heteroatoms. The zero-order chi connectivity index (χ0) is 20.5. The summed E-state index contributed by atoms with van der Waals surface area (Å²) in [6.07, 6.45) is 3.32. The first-order valence-corrected chi connectivity index (χ1v) is 8.70. The number of H-pyrrole nitrogens is 1. The summed E-state index contributed by atoms with van der Waals surface area (Å²) >= 11 is 0. The van der Waals surface area contributed by atoms with Crippen LogP contribution in [0, 0.1) is 11.3 Å². The van der Waals surface area contributed by atoms with Gasteiger partial charge in [0.2, 0.25) is 5.78 Å². The van der Waals surface area contributed by atoms with Crippen LogP contribution in [0.2, 0.25) is 0 Å². The normalized spacial score (nSPS) is 13.7. The second kappa shape index (κ2) is 7.05. The maximum atomic E-state index is 12.8. The third kappa shape index (κ3) is 3.15. The summed E-state index contributed by atoms with van der Waals surface area (Å²) < 4.78 is 11.0. The molecule has 0 fully saturated rings. The van der Waals surface area contributed by atoms with E-state index in [9.17, 15) is 14.9 Å². The molecule has 3 N–H and O–H groups in total. The molecule has 1 aromatic heterocycles. The molecule has 0 saturated carbocycles. The number of anilines is 1. The van der Waals surface area contributed by atoms with Crippen LogP contribution in [0.1, 0.15) is 21.5 Å². The van der Waals surface area contributed by atoms with Crippen LogP contribution in [0.5, 0.6) is 11.5 Å². The van der Waals surface area contributed by atoms with Gasteiger partial charge in [0.1, 0.15) is 17.6 Å². The van der Waals surface area contributed by atoms with Crippen LogP contribution in [0.4, 0.5) is 10.5 Å². The Morgan fingerprint density at radius 3 is 2.86 bits per heavy atom. The molecule has 0 atom stereocenters. The van der Waals surface area contributed by atoms with Crippen LogP contribution in [-0.2, 0) is 0 Å². The molecule has 0 bridgehead atoms. The molecule has 2 amide bonds. The van der Waals surface area contributed by atoms with E-state index in [-0.39, 0.29) is 17.6 Å². The molecule has 8 nitrogen and oxygen atoms in total. The Hall–Kier alpha value is -4.25. The lowest BCUT2D eigenvalue weighted by Gasteiger charge is -2.04. The molecule has 0 aliphatic carbocycles. The lowest BCUT2D eigenvalue weighted by atomic mass is 10.1. The molecule has 1 aliphatic rings. The molecule has 0 spiro atoms. The molecular formula is C21H16N4O4. The third-order valence-electron chi connectivity index (χ3n) is 4.59. The van der Waals surface area contributed by atoms with Crippen molar-refractivity contribution in [2.45, 2.75) is 0 Å². The van der Waals surface area contributed by atoms with Gasteiger partial charge in [-0.25, -0.2) is 4.79 Å². The minimum absolute atomic E-state index is 0.152. The van der Waals surface area contributed by atoms with Crippen molar-refractivity contribution in [1.82, 2.24) is 10.3 Å². The highest BCUT2D eigenvalue weighted by atomic mass is 16.5. The van der Waals surface area contributed by atoms with Crippen molar-refractivity contribution in [2.75, 3.05) is 19.5 Å². The number of nitrogens with zero attached hydrogens (tertiary/aromatic N) is 1. The van der Waals surface area contributed by atoms with Crippen LogP contribution in [0.3, 0.4) is 0 Å². The zero-order valence-corrected chi connectivity index (χ0v) is 15.6. The van der Waals surface area contributed by atoms with Crippen LogP contribution < -0.4 is 20.1 Å². The Morgan fingerprint density at radius 1 is 1.31 bits per heavy atom. The van der Waals surface area contributed by atoms with E-state index >= 15 is 0 Å². The molecule has 0 saturated heterocycles. The molecule has 2 aromatic carbocycles. The summed E-state index contributed by atoms with van der Waals surface area (Å²) in [6.45, 7) is 0. The summed E-state index contributed by atoms with van der Waals surface area (Å²) in [6, 6.07) is 10.0. The van der Waals surface area contributed by atoms with Gasteiger partial charge in [-0.1, -0.05) is 0 Å². The number of allylic oxidation sites excluding steroid dienone is 1. The van der Waals surface area contributed by atoms with E-state index in [4.69, 9.17) is 9.47 Å². The minimum atomic E-state index is -0.381. The summed E-state index contributed by atoms with van der Waals surface area (Å²) in [5.41, 5.74) is 2.63. The van der Waals surface area contributed by atoms with Gasteiger partial charge >= 0.3 is 6.03 Å². The highest BCUT2D eigenvalue weighted by molar-refractivity contribution is 6.15. The van der Waals surface area contributed by atoms with Gasteiger partial charge in [-0.3, -0.25) is 4.79 Å². The SMILES string of the molecule is CNC(=O)Nc1ccc2c(c1)C(=O)C(=Cc1c[nH]c3c(C#N)cc(OC)cc13)O2. The van der Waals surface area contributed by atoms with E-state index in [1.54, 1.807) is 42.6 Å². The van der Waals surface area contributed by atoms with Gasteiger partial charge in [0, 0.05) is 35.9 Å². The highest BCUT2D eigenvalue weighted by Gasteiger charge is 2.28. The Morgan fingerprint density at radius 2 is 2.14 bits per heavy atom. The number of hydrogen-bond acceptors (Lipinski definition) is 5. The molecule has 2 heterocycles. The number of nitriles is 1. The molecule has 0 radical (unpaired) electrons. The van der Waals surface area contributed by atoms with Crippen LogP contribution in [0.15, 0.2) is 42.3 Å². The second-order valence-corrected chi connectivity index (χ2v) is 6.31. The van der Waals surface area contributed by atoms with E-state index in [1.165, 1.54) is 14.2 Å². The molecule has 29 heavy (non-hydrogen) atoms. The fourth-order valence-corrected chi connectivity index (χ4v) is 3.15. The molecule has 1 aliphatic heterocycles. The summed E-state index contributed by atoms with van der Waals surface area (Å²) in [4.78, 5) is 27.3. The van der Waals surface area contributed by atoms with Crippen molar-refractivity contribution >= 4 is 34.5 Å². The Balaban J connectivity index is 1.72. The minimum Gasteiger partial charge on any atom is -0.497 e. The van der Waals surface area contributed by atoms with Crippen molar-refractivity contribution in [1.29, 1.82) is 5.26 Å². The van der Waals surface area contributed by atoms with Gasteiger partial charge < -0.3 is 25.1 Å². The number of nitrogens with one attached hydrogen (secondary N) is 3. The molecular weight excluding hydrogens is 372 g/mol. The number of amides is 2. The molecule has 0 unspecified atom stereocenters. The molecule has 144 valence electrons. The second-order valence-electron chi connectivity index (χ2n) is 6.31. The van der Waals surface area contributed by atoms with Crippen molar-refractivity contribution in [3.8, 4) is 17.6 Å². The lowest BCUT2D eigenvalue weighted by molar-refractivity contribution is 0.101. The highest BCUT2D eigenvalue weighted by Crippen LogP contribution is 2.35. The van der Waals surface area contributed by atoms with Gasteiger partial charge in [-0.05, 0) is 30.3 Å². The number of aromatic nitrogens is 1. The fourth-order valence-electron chi connectivity index (χ4n) is 3.15. The lowest BCUT2D eigenvalue weighted by Crippen LogP contribution is -2.24. The zero-order valence-electron chi connectivity index (χ0n) is 15.6. The smallest absolute Gasteiger partial charge is 0.318 e. The number of benzene rings is 2. The first kappa shape index (κ1) is 18.1. The van der Waals surface area contributed by atoms with E-state index in [2.05, 4.69) is 21.7 Å². The topological polar surface area (TPSA) is 116 Å². The number of urea groups is 1. The van der Waals surface area contributed by atoms with Crippen molar-refractivity contribution in [3.05, 3.63) is 59.0 Å². The van der Waals surface area contributed by atoms with E-state index in [0.717, 1.165) is 5.39 Å². The third-order valence-corrected chi connectivity index (χ3v) is 4.59. The number of rotatable bonds is 3. The number of methoxy groups -OCH3 is 1. The fraction of sp³-hybridized carbons (Fsp3) is 0.0952. The summed E-state index contributed by atoms with van der Waals surface area (Å²) in [5, 5.41) is 15.2. The van der Waals surface area contributed by atoms with E-state index in [0.29, 0.717) is 39.4 Å². The first-order chi connectivity index (χ1) is 14.0. The van der Waals surface area contributed by atoms with Crippen LogP contribution in [0.25, 0.3) is 17.0 Å². The van der Waals surface area contributed by atoms with Gasteiger partial charge in [0.05, 0.1) is 23.8 Å². The Labute approximate surface area is 165 Å². The Kier molecular flexibility index (Phi) is 4.41. The van der Waals surface area contributed by atoms with Gasteiger partial charge in [-0.15, -0.1) is 0 Å². The summed E-state index contributed by atoms with van der Waals surface area (Å²) in [7, 11) is 3.03.